The molecule has 0 bridgehead atoms. The fourth-order valence-corrected chi connectivity index (χ4v) is 3.45. The molecule has 0 radical (unpaired) electrons. The summed E-state index contributed by atoms with van der Waals surface area (Å²) in [6.07, 6.45) is 2.07. The highest BCUT2D eigenvalue weighted by Crippen LogP contribution is 2.36. The summed E-state index contributed by atoms with van der Waals surface area (Å²) in [6, 6.07) is 8.46. The predicted molar refractivity (Wildman–Crippen MR) is 98.2 cm³/mol. The van der Waals surface area contributed by atoms with Crippen LogP contribution in [-0.2, 0) is 15.7 Å². The van der Waals surface area contributed by atoms with Gasteiger partial charge in [0.2, 0.25) is 0 Å². The Balaban J connectivity index is 1.58. The summed E-state index contributed by atoms with van der Waals surface area (Å²) >= 11 is 0. The first-order chi connectivity index (χ1) is 11.7. The number of likely N-dealkylation sites (tertiary alicyclic amines) is 1. The molecule has 0 aliphatic carbocycles. The van der Waals surface area contributed by atoms with Gasteiger partial charge < -0.3 is 19.3 Å². The highest BCUT2D eigenvalue weighted by molar-refractivity contribution is 6.62. The number of carbonyl (C=O) groups is 1. The number of carboxylic acid groups (broad SMARTS) is 1. The van der Waals surface area contributed by atoms with Gasteiger partial charge in [0.25, 0.3) is 0 Å². The molecule has 0 atom stereocenters. The van der Waals surface area contributed by atoms with Crippen LogP contribution < -0.4 is 5.46 Å². The third kappa shape index (κ3) is 3.85. The molecule has 2 saturated heterocycles. The van der Waals surface area contributed by atoms with Crippen molar-refractivity contribution in [2.24, 2.45) is 5.92 Å². The fraction of sp³-hybridized carbons (Fsp3) is 0.632. The summed E-state index contributed by atoms with van der Waals surface area (Å²) in [5.41, 5.74) is 1.68. The normalized spacial score (nSPS) is 23.0. The fourth-order valence-electron chi connectivity index (χ4n) is 3.45. The van der Waals surface area contributed by atoms with E-state index in [2.05, 4.69) is 52.0 Å². The molecular weight excluding hydrogens is 317 g/mol. The van der Waals surface area contributed by atoms with E-state index >= 15 is 0 Å². The second-order valence-electron chi connectivity index (χ2n) is 8.25. The van der Waals surface area contributed by atoms with Gasteiger partial charge in [0, 0.05) is 13.1 Å². The Morgan fingerprint density at radius 1 is 1.12 bits per heavy atom. The van der Waals surface area contributed by atoms with Crippen LogP contribution in [0.4, 0.5) is 4.79 Å². The molecule has 6 heteroatoms. The van der Waals surface area contributed by atoms with E-state index in [1.807, 2.05) is 0 Å². The lowest BCUT2D eigenvalue weighted by atomic mass is 9.78. The molecule has 136 valence electrons. The van der Waals surface area contributed by atoms with Gasteiger partial charge in [-0.1, -0.05) is 24.3 Å². The lowest BCUT2D eigenvalue weighted by Crippen LogP contribution is -2.41. The summed E-state index contributed by atoms with van der Waals surface area (Å²) in [6.45, 7) is 9.53. The van der Waals surface area contributed by atoms with Crippen LogP contribution in [0.15, 0.2) is 24.3 Å². The molecule has 0 unspecified atom stereocenters. The number of amides is 1. The molecule has 1 amide bonds. The van der Waals surface area contributed by atoms with E-state index in [0.717, 1.165) is 24.7 Å². The highest BCUT2D eigenvalue weighted by atomic mass is 16.7. The molecular formula is C19H28BNO4. The first-order valence-corrected chi connectivity index (χ1v) is 9.10. The second-order valence-corrected chi connectivity index (χ2v) is 8.25. The van der Waals surface area contributed by atoms with Gasteiger partial charge in [0.05, 0.1) is 11.2 Å². The maximum absolute atomic E-state index is 11.0. The second kappa shape index (κ2) is 6.65. The van der Waals surface area contributed by atoms with E-state index in [9.17, 15) is 4.79 Å². The predicted octanol–water partition coefficient (Wildman–Crippen LogP) is 2.92. The van der Waals surface area contributed by atoms with Crippen LogP contribution in [0.5, 0.6) is 0 Å². The summed E-state index contributed by atoms with van der Waals surface area (Å²) in [5, 5.41) is 9.02. The van der Waals surface area contributed by atoms with Crippen molar-refractivity contribution >= 4 is 18.7 Å². The quantitative estimate of drug-likeness (QED) is 0.856. The third-order valence-electron chi connectivity index (χ3n) is 5.91. The molecule has 1 aromatic carbocycles. The van der Waals surface area contributed by atoms with Gasteiger partial charge in [-0.2, -0.15) is 0 Å². The third-order valence-corrected chi connectivity index (χ3v) is 5.91. The molecule has 1 aromatic rings. The molecule has 0 saturated carbocycles. The maximum Gasteiger partial charge on any atom is 0.494 e. The number of piperidine rings is 1. The Morgan fingerprint density at radius 2 is 1.64 bits per heavy atom. The van der Waals surface area contributed by atoms with Gasteiger partial charge in [0.1, 0.15) is 0 Å². The van der Waals surface area contributed by atoms with Crippen LogP contribution in [0.1, 0.15) is 46.1 Å². The minimum Gasteiger partial charge on any atom is -0.465 e. The Labute approximate surface area is 150 Å². The van der Waals surface area contributed by atoms with Crippen LogP contribution in [0, 0.1) is 5.92 Å². The van der Waals surface area contributed by atoms with E-state index < -0.39 is 6.09 Å². The van der Waals surface area contributed by atoms with Gasteiger partial charge in [-0.25, -0.2) is 4.79 Å². The van der Waals surface area contributed by atoms with Crippen LogP contribution in [0.25, 0.3) is 0 Å². The zero-order valence-corrected chi connectivity index (χ0v) is 15.6. The van der Waals surface area contributed by atoms with Crippen molar-refractivity contribution in [1.82, 2.24) is 4.90 Å². The standard InChI is InChI=1S/C19H28BNO4/c1-18(2)19(3,4)25-20(24-18)16-7-5-14(6-8-16)13-15-9-11-21(12-10-15)17(22)23/h5-8,15H,9-13H2,1-4H3,(H,22,23). The summed E-state index contributed by atoms with van der Waals surface area (Å²) in [4.78, 5) is 12.5. The van der Waals surface area contributed by atoms with E-state index in [-0.39, 0.29) is 18.3 Å². The SMILES string of the molecule is CC1(C)OB(c2ccc(CC3CCN(C(=O)O)CC3)cc2)OC1(C)C. The smallest absolute Gasteiger partial charge is 0.465 e. The molecule has 1 N–H and O–H groups in total. The van der Waals surface area contributed by atoms with Crippen molar-refractivity contribution in [3.05, 3.63) is 29.8 Å². The summed E-state index contributed by atoms with van der Waals surface area (Å²) in [7, 11) is -0.321. The first kappa shape index (κ1) is 18.3. The molecule has 0 spiro atoms. The van der Waals surface area contributed by atoms with E-state index in [4.69, 9.17) is 14.4 Å². The van der Waals surface area contributed by atoms with Crippen LogP contribution >= 0.6 is 0 Å². The van der Waals surface area contributed by atoms with Gasteiger partial charge in [0.15, 0.2) is 0 Å². The van der Waals surface area contributed by atoms with Crippen molar-refractivity contribution in [3.63, 3.8) is 0 Å². The average Bonchev–Trinajstić information content (AvgIpc) is 2.76. The lowest BCUT2D eigenvalue weighted by molar-refractivity contribution is 0.00578. The van der Waals surface area contributed by atoms with Gasteiger partial charge in [-0.05, 0) is 63.9 Å². The number of benzene rings is 1. The Kier molecular flexibility index (Phi) is 4.86. The van der Waals surface area contributed by atoms with Crippen LogP contribution in [-0.4, -0.2) is 47.5 Å². The molecule has 0 aromatic heterocycles. The lowest BCUT2D eigenvalue weighted by Gasteiger charge is -2.32. The van der Waals surface area contributed by atoms with Gasteiger partial charge >= 0.3 is 13.2 Å². The average molecular weight is 345 g/mol. The van der Waals surface area contributed by atoms with Gasteiger partial charge in [-0.3, -0.25) is 0 Å². The molecule has 2 heterocycles. The Hall–Kier alpha value is -1.53. The number of hydrogen-bond donors (Lipinski definition) is 1. The van der Waals surface area contributed by atoms with Crippen molar-refractivity contribution in [1.29, 1.82) is 0 Å². The first-order valence-electron chi connectivity index (χ1n) is 9.10. The van der Waals surface area contributed by atoms with Crippen LogP contribution in [0.3, 0.4) is 0 Å². The largest absolute Gasteiger partial charge is 0.494 e. The van der Waals surface area contributed by atoms with Crippen molar-refractivity contribution in [2.75, 3.05) is 13.1 Å². The Bertz CT molecular complexity index is 605. The molecule has 2 aliphatic rings. The van der Waals surface area contributed by atoms with Crippen molar-refractivity contribution in [2.45, 2.75) is 58.2 Å². The molecule has 2 fully saturated rings. The minimum atomic E-state index is -0.801. The Morgan fingerprint density at radius 3 is 2.12 bits per heavy atom. The van der Waals surface area contributed by atoms with Crippen molar-refractivity contribution < 1.29 is 19.2 Å². The monoisotopic (exact) mass is 345 g/mol. The molecule has 3 rings (SSSR count). The number of rotatable bonds is 3. The maximum atomic E-state index is 11.0. The summed E-state index contributed by atoms with van der Waals surface area (Å²) < 4.78 is 12.2. The van der Waals surface area contributed by atoms with Crippen LogP contribution in [0.2, 0.25) is 0 Å². The number of hydrogen-bond acceptors (Lipinski definition) is 3. The zero-order valence-electron chi connectivity index (χ0n) is 15.6. The van der Waals surface area contributed by atoms with E-state index in [1.165, 1.54) is 10.5 Å². The van der Waals surface area contributed by atoms with Crippen molar-refractivity contribution in [3.8, 4) is 0 Å². The highest BCUT2D eigenvalue weighted by Gasteiger charge is 2.51. The van der Waals surface area contributed by atoms with Gasteiger partial charge in [-0.15, -0.1) is 0 Å². The van der Waals surface area contributed by atoms with E-state index in [1.54, 1.807) is 0 Å². The summed E-state index contributed by atoms with van der Waals surface area (Å²) in [5.74, 6) is 0.554. The minimum absolute atomic E-state index is 0.321. The number of nitrogens with zero attached hydrogens (tertiary/aromatic N) is 1. The molecule has 5 nitrogen and oxygen atoms in total. The zero-order chi connectivity index (χ0) is 18.2. The topological polar surface area (TPSA) is 59.0 Å². The molecule has 25 heavy (non-hydrogen) atoms. The molecule has 2 aliphatic heterocycles. The van der Waals surface area contributed by atoms with E-state index in [0.29, 0.717) is 19.0 Å².